The topological polar surface area (TPSA) is 77.5 Å². The van der Waals surface area contributed by atoms with E-state index in [9.17, 15) is 0 Å². The maximum atomic E-state index is 5.44. The van der Waals surface area contributed by atoms with Crippen LogP contribution in [0.15, 0.2) is 55.2 Å². The van der Waals surface area contributed by atoms with Crippen LogP contribution in [-0.2, 0) is 19.6 Å². The largest absolute Gasteiger partial charge is 0.330 e. The van der Waals surface area contributed by atoms with Crippen LogP contribution in [0.2, 0.25) is 0 Å². The molecule has 0 spiro atoms. The fraction of sp³-hybridized carbons (Fsp3) is 0.273. The van der Waals surface area contributed by atoms with Crippen molar-refractivity contribution in [2.45, 2.75) is 40.4 Å². The normalized spacial score (nSPS) is 10.9. The molecule has 0 bridgehead atoms. The number of rotatable bonds is 7. The molecule has 0 radical (unpaired) electrons. The van der Waals surface area contributed by atoms with Gasteiger partial charge in [-0.15, -0.1) is 0 Å². The third-order valence-corrected chi connectivity index (χ3v) is 5.29. The summed E-state index contributed by atoms with van der Waals surface area (Å²) < 4.78 is 5.73. The van der Waals surface area contributed by atoms with Crippen LogP contribution in [0.4, 0.5) is 11.4 Å². The van der Waals surface area contributed by atoms with Gasteiger partial charge in [0.15, 0.2) is 5.11 Å². The van der Waals surface area contributed by atoms with Crippen LogP contribution in [0, 0.1) is 13.8 Å². The minimum absolute atomic E-state index is 0.490. The Morgan fingerprint density at radius 1 is 0.871 bits per heavy atom. The van der Waals surface area contributed by atoms with Crippen molar-refractivity contribution in [1.29, 1.82) is 0 Å². The van der Waals surface area contributed by atoms with Gasteiger partial charge in [0.2, 0.25) is 0 Å². The fourth-order valence-corrected chi connectivity index (χ4v) is 3.57. The first-order valence-electron chi connectivity index (χ1n) is 10.2. The van der Waals surface area contributed by atoms with Crippen LogP contribution in [0.3, 0.4) is 0 Å². The smallest absolute Gasteiger partial charge is 0.175 e. The number of thiocarbonyl (C=S) groups is 1. The first kappa shape index (κ1) is 20.8. The summed E-state index contributed by atoms with van der Waals surface area (Å²) in [5.41, 5.74) is 6.42. The van der Waals surface area contributed by atoms with Crippen molar-refractivity contribution in [3.8, 4) is 0 Å². The maximum absolute atomic E-state index is 5.44. The Morgan fingerprint density at radius 2 is 1.48 bits per heavy atom. The number of nitrogens with one attached hydrogen (secondary N) is 2. The van der Waals surface area contributed by atoms with E-state index >= 15 is 0 Å². The molecule has 0 aliphatic rings. The van der Waals surface area contributed by atoms with Gasteiger partial charge in [-0.25, -0.2) is 0 Å². The highest BCUT2D eigenvalue weighted by Gasteiger charge is 2.08. The first-order valence-corrected chi connectivity index (χ1v) is 10.6. The molecular formula is C22H26N8S. The quantitative estimate of drug-likeness (QED) is 0.431. The zero-order valence-corrected chi connectivity index (χ0v) is 18.7. The highest BCUT2D eigenvalue weighted by Crippen LogP contribution is 2.13. The Bertz CT molecular complexity index is 1170. The summed E-state index contributed by atoms with van der Waals surface area (Å²) in [4.78, 5) is 0. The lowest BCUT2D eigenvalue weighted by Gasteiger charge is -2.07. The molecule has 4 aromatic rings. The van der Waals surface area contributed by atoms with E-state index in [4.69, 9.17) is 12.2 Å². The van der Waals surface area contributed by atoms with Crippen molar-refractivity contribution in [1.82, 2.24) is 29.3 Å². The lowest BCUT2D eigenvalue weighted by atomic mass is 10.1. The molecular weight excluding hydrogens is 408 g/mol. The van der Waals surface area contributed by atoms with E-state index in [2.05, 4.69) is 71.0 Å². The summed E-state index contributed by atoms with van der Waals surface area (Å²) in [7, 11) is 0. The van der Waals surface area contributed by atoms with E-state index in [0.29, 0.717) is 18.2 Å². The van der Waals surface area contributed by atoms with E-state index in [1.165, 1.54) is 11.1 Å². The molecule has 0 amide bonds. The molecule has 0 saturated carbocycles. The summed E-state index contributed by atoms with van der Waals surface area (Å²) in [6.07, 6.45) is 9.28. The van der Waals surface area contributed by atoms with Crippen LogP contribution in [0.1, 0.15) is 29.3 Å². The predicted octanol–water partition coefficient (Wildman–Crippen LogP) is 3.82. The lowest BCUT2D eigenvalue weighted by Crippen LogP contribution is -2.18. The van der Waals surface area contributed by atoms with Gasteiger partial charge in [-0.3, -0.25) is 14.0 Å². The number of aromatic nitrogens is 6. The van der Waals surface area contributed by atoms with Gasteiger partial charge >= 0.3 is 0 Å². The Labute approximate surface area is 186 Å². The third-order valence-electron chi connectivity index (χ3n) is 5.08. The molecule has 2 N–H and O–H groups in total. The van der Waals surface area contributed by atoms with E-state index in [1.54, 1.807) is 12.4 Å². The SMILES string of the molecule is CCn1ncc(Cn2cc(NC(=S)Nc3cnn(Cc4ccc(C)cc4)c3)cn2)c1C. The van der Waals surface area contributed by atoms with Crippen molar-refractivity contribution in [3.05, 3.63) is 77.6 Å². The van der Waals surface area contributed by atoms with Gasteiger partial charge in [-0.2, -0.15) is 15.3 Å². The second-order valence-corrected chi connectivity index (χ2v) is 7.90. The number of hydrogen-bond donors (Lipinski definition) is 2. The Morgan fingerprint density at radius 3 is 2.06 bits per heavy atom. The minimum atomic E-state index is 0.490. The van der Waals surface area contributed by atoms with Crippen molar-refractivity contribution in [2.75, 3.05) is 10.6 Å². The third kappa shape index (κ3) is 5.18. The Kier molecular flexibility index (Phi) is 6.13. The lowest BCUT2D eigenvalue weighted by molar-refractivity contribution is 0.633. The number of aryl methyl sites for hydroxylation is 2. The molecule has 1 aromatic carbocycles. The highest BCUT2D eigenvalue weighted by molar-refractivity contribution is 7.80. The van der Waals surface area contributed by atoms with Gasteiger partial charge in [-0.1, -0.05) is 29.8 Å². The molecule has 0 aliphatic carbocycles. The first-order chi connectivity index (χ1) is 15.0. The Hall–Kier alpha value is -3.46. The second kappa shape index (κ2) is 9.13. The molecule has 3 aromatic heterocycles. The van der Waals surface area contributed by atoms with Crippen molar-refractivity contribution < 1.29 is 0 Å². The van der Waals surface area contributed by atoms with Crippen molar-refractivity contribution in [2.24, 2.45) is 0 Å². The van der Waals surface area contributed by atoms with Crippen LogP contribution in [-0.4, -0.2) is 34.5 Å². The molecule has 31 heavy (non-hydrogen) atoms. The highest BCUT2D eigenvalue weighted by atomic mass is 32.1. The summed E-state index contributed by atoms with van der Waals surface area (Å²) in [6, 6.07) is 8.44. The molecule has 160 valence electrons. The van der Waals surface area contributed by atoms with E-state index in [1.807, 2.05) is 32.6 Å². The molecule has 0 unspecified atom stereocenters. The summed E-state index contributed by atoms with van der Waals surface area (Å²) >= 11 is 5.44. The van der Waals surface area contributed by atoms with E-state index in [0.717, 1.165) is 29.2 Å². The second-order valence-electron chi connectivity index (χ2n) is 7.49. The van der Waals surface area contributed by atoms with Crippen LogP contribution in [0.5, 0.6) is 0 Å². The average Bonchev–Trinajstić information content (AvgIpc) is 3.46. The van der Waals surface area contributed by atoms with Gasteiger partial charge in [-0.05, 0) is 38.6 Å². The van der Waals surface area contributed by atoms with Gasteiger partial charge in [0.1, 0.15) is 0 Å². The standard InChI is InChI=1S/C22H26N8S/c1-4-30-17(3)19(9-25-30)13-29-15-21(11-24-29)27-22(31)26-20-10-23-28(14-20)12-18-7-5-16(2)6-8-18/h5-11,14-15H,4,12-13H2,1-3H3,(H2,26,27,31). The molecule has 0 saturated heterocycles. The number of anilines is 2. The van der Waals surface area contributed by atoms with Crippen molar-refractivity contribution >= 4 is 28.7 Å². The molecule has 0 aliphatic heterocycles. The zero-order chi connectivity index (χ0) is 21.8. The van der Waals surface area contributed by atoms with Gasteiger partial charge in [0, 0.05) is 30.2 Å². The van der Waals surface area contributed by atoms with E-state index in [-0.39, 0.29) is 0 Å². The van der Waals surface area contributed by atoms with Gasteiger partial charge in [0.05, 0.1) is 43.1 Å². The van der Waals surface area contributed by atoms with E-state index < -0.39 is 0 Å². The summed E-state index contributed by atoms with van der Waals surface area (Å²) in [5.74, 6) is 0. The van der Waals surface area contributed by atoms with Gasteiger partial charge < -0.3 is 10.6 Å². The number of hydrogen-bond acceptors (Lipinski definition) is 4. The molecule has 4 rings (SSSR count). The molecule has 9 heteroatoms. The van der Waals surface area contributed by atoms with Crippen LogP contribution >= 0.6 is 12.2 Å². The van der Waals surface area contributed by atoms with Crippen LogP contribution in [0.25, 0.3) is 0 Å². The summed E-state index contributed by atoms with van der Waals surface area (Å²) in [5, 5.41) is 20.0. The summed E-state index contributed by atoms with van der Waals surface area (Å²) in [6.45, 7) is 8.48. The van der Waals surface area contributed by atoms with Crippen LogP contribution < -0.4 is 10.6 Å². The molecule has 0 atom stereocenters. The van der Waals surface area contributed by atoms with Gasteiger partial charge in [0.25, 0.3) is 0 Å². The van der Waals surface area contributed by atoms with Crippen molar-refractivity contribution in [3.63, 3.8) is 0 Å². The maximum Gasteiger partial charge on any atom is 0.175 e. The zero-order valence-electron chi connectivity index (χ0n) is 17.9. The Balaban J connectivity index is 1.31. The number of benzene rings is 1. The minimum Gasteiger partial charge on any atom is -0.330 e. The predicted molar refractivity (Wildman–Crippen MR) is 126 cm³/mol. The molecule has 8 nitrogen and oxygen atoms in total. The average molecular weight is 435 g/mol. The fourth-order valence-electron chi connectivity index (χ4n) is 3.34. The molecule has 0 fully saturated rings. The monoisotopic (exact) mass is 434 g/mol. The number of nitrogens with zero attached hydrogens (tertiary/aromatic N) is 6. The molecule has 3 heterocycles.